The van der Waals surface area contributed by atoms with Crippen LogP contribution in [-0.4, -0.2) is 59.7 Å². The molecule has 4 rings (SSSR count). The van der Waals surface area contributed by atoms with Gasteiger partial charge in [0.05, 0.1) is 25.5 Å². The SMILES string of the molecule is CCOC(=O)C1CCc2sc(NC(=O)c3cc(N4CCOCC4)ncn3)nc21. The maximum Gasteiger partial charge on any atom is 0.315 e. The summed E-state index contributed by atoms with van der Waals surface area (Å²) in [6, 6.07) is 1.67. The number of ether oxygens (including phenoxy) is 2. The van der Waals surface area contributed by atoms with Crippen LogP contribution in [0.3, 0.4) is 0 Å². The number of hydrogen-bond donors (Lipinski definition) is 1. The van der Waals surface area contributed by atoms with Crippen molar-refractivity contribution in [2.75, 3.05) is 43.1 Å². The molecule has 0 saturated carbocycles. The van der Waals surface area contributed by atoms with Crippen LogP contribution >= 0.6 is 11.3 Å². The molecule has 1 fully saturated rings. The van der Waals surface area contributed by atoms with Crippen molar-refractivity contribution in [2.24, 2.45) is 0 Å². The van der Waals surface area contributed by atoms with Crippen molar-refractivity contribution < 1.29 is 19.1 Å². The molecule has 3 heterocycles. The Morgan fingerprint density at radius 3 is 2.96 bits per heavy atom. The Labute approximate surface area is 166 Å². The van der Waals surface area contributed by atoms with Crippen molar-refractivity contribution in [3.63, 3.8) is 0 Å². The van der Waals surface area contributed by atoms with E-state index in [1.165, 1.54) is 17.7 Å². The summed E-state index contributed by atoms with van der Waals surface area (Å²) in [7, 11) is 0. The third-order valence-corrected chi connectivity index (χ3v) is 5.78. The molecule has 9 nitrogen and oxygen atoms in total. The van der Waals surface area contributed by atoms with Crippen LogP contribution in [0.25, 0.3) is 0 Å². The minimum atomic E-state index is -0.350. The number of fused-ring (bicyclic) bond motifs is 1. The zero-order valence-corrected chi connectivity index (χ0v) is 16.3. The van der Waals surface area contributed by atoms with Gasteiger partial charge in [-0.1, -0.05) is 0 Å². The van der Waals surface area contributed by atoms with Gasteiger partial charge in [0.1, 0.15) is 23.8 Å². The summed E-state index contributed by atoms with van der Waals surface area (Å²) in [6.45, 7) is 4.86. The van der Waals surface area contributed by atoms with Crippen LogP contribution in [0.4, 0.5) is 10.9 Å². The lowest BCUT2D eigenvalue weighted by Gasteiger charge is -2.27. The molecule has 2 aromatic heterocycles. The van der Waals surface area contributed by atoms with Crippen LogP contribution in [0, 0.1) is 0 Å². The number of hydrogen-bond acceptors (Lipinski definition) is 9. The Hall–Kier alpha value is -2.59. The Bertz CT molecular complexity index is 881. The van der Waals surface area contributed by atoms with Crippen LogP contribution in [0.5, 0.6) is 0 Å². The average Bonchev–Trinajstić information content (AvgIpc) is 3.29. The van der Waals surface area contributed by atoms with E-state index in [4.69, 9.17) is 9.47 Å². The highest BCUT2D eigenvalue weighted by Crippen LogP contribution is 2.39. The molecule has 1 unspecified atom stereocenters. The maximum absolute atomic E-state index is 12.6. The van der Waals surface area contributed by atoms with E-state index >= 15 is 0 Å². The number of amides is 1. The van der Waals surface area contributed by atoms with Gasteiger partial charge in [0.15, 0.2) is 5.13 Å². The van der Waals surface area contributed by atoms with Crippen molar-refractivity contribution in [2.45, 2.75) is 25.7 Å². The smallest absolute Gasteiger partial charge is 0.315 e. The number of nitrogens with one attached hydrogen (secondary N) is 1. The van der Waals surface area contributed by atoms with Crippen LogP contribution in [0.15, 0.2) is 12.4 Å². The molecule has 1 aliphatic heterocycles. The first-order valence-electron chi connectivity index (χ1n) is 9.28. The first-order valence-corrected chi connectivity index (χ1v) is 10.1. The molecule has 0 bridgehead atoms. The van der Waals surface area contributed by atoms with Gasteiger partial charge in [-0.05, 0) is 19.8 Å². The summed E-state index contributed by atoms with van der Waals surface area (Å²) < 4.78 is 10.5. The fourth-order valence-corrected chi connectivity index (χ4v) is 4.38. The Morgan fingerprint density at radius 2 is 2.18 bits per heavy atom. The molecule has 0 aromatic carbocycles. The first kappa shape index (κ1) is 18.8. The van der Waals surface area contributed by atoms with Crippen LogP contribution in [0.2, 0.25) is 0 Å². The lowest BCUT2D eigenvalue weighted by molar-refractivity contribution is -0.145. The average molecular weight is 403 g/mol. The fourth-order valence-electron chi connectivity index (χ4n) is 3.35. The van der Waals surface area contributed by atoms with Gasteiger partial charge >= 0.3 is 5.97 Å². The van der Waals surface area contributed by atoms with Crippen molar-refractivity contribution in [1.29, 1.82) is 0 Å². The number of esters is 1. The standard InChI is InChI=1S/C18H21N5O4S/c1-2-27-17(25)11-3-4-13-15(11)21-18(28-13)22-16(24)12-9-14(20-10-19-12)23-5-7-26-8-6-23/h9-11H,2-8H2,1H3,(H,21,22,24). The molecule has 1 aliphatic carbocycles. The largest absolute Gasteiger partial charge is 0.465 e. The van der Waals surface area contributed by atoms with Crippen molar-refractivity contribution in [1.82, 2.24) is 15.0 Å². The van der Waals surface area contributed by atoms with Gasteiger partial charge < -0.3 is 14.4 Å². The molecule has 1 atom stereocenters. The number of nitrogens with zero attached hydrogens (tertiary/aromatic N) is 4. The summed E-state index contributed by atoms with van der Waals surface area (Å²) in [5.74, 6) is -0.247. The van der Waals surface area contributed by atoms with Crippen molar-refractivity contribution >= 4 is 34.2 Å². The number of carbonyl (C=O) groups is 2. The molecule has 2 aliphatic rings. The molecule has 1 N–H and O–H groups in total. The molecule has 1 amide bonds. The zero-order valence-electron chi connectivity index (χ0n) is 15.5. The minimum Gasteiger partial charge on any atom is -0.465 e. The number of aryl methyl sites for hydroxylation is 1. The normalized spacial score (nSPS) is 18.6. The number of aromatic nitrogens is 3. The first-order chi connectivity index (χ1) is 13.7. The quantitative estimate of drug-likeness (QED) is 0.751. The van der Waals surface area contributed by atoms with Gasteiger partial charge in [-0.25, -0.2) is 15.0 Å². The van der Waals surface area contributed by atoms with Crippen LogP contribution in [0.1, 0.15) is 40.3 Å². The number of anilines is 2. The molecular weight excluding hydrogens is 382 g/mol. The summed E-state index contributed by atoms with van der Waals surface area (Å²) in [5.41, 5.74) is 0.990. The number of thiazole rings is 1. The summed E-state index contributed by atoms with van der Waals surface area (Å²) in [5, 5.41) is 3.26. The Balaban J connectivity index is 1.46. The lowest BCUT2D eigenvalue weighted by Crippen LogP contribution is -2.37. The van der Waals surface area contributed by atoms with Crippen molar-refractivity contribution in [3.05, 3.63) is 28.7 Å². The van der Waals surface area contributed by atoms with E-state index in [-0.39, 0.29) is 23.5 Å². The number of morpholine rings is 1. The Kier molecular flexibility index (Phi) is 5.49. The molecule has 28 heavy (non-hydrogen) atoms. The third-order valence-electron chi connectivity index (χ3n) is 4.73. The summed E-state index contributed by atoms with van der Waals surface area (Å²) in [4.78, 5) is 40.6. The third kappa shape index (κ3) is 3.83. The molecule has 0 spiro atoms. The molecule has 148 valence electrons. The highest BCUT2D eigenvalue weighted by molar-refractivity contribution is 7.16. The van der Waals surface area contributed by atoms with E-state index in [9.17, 15) is 9.59 Å². The summed E-state index contributed by atoms with van der Waals surface area (Å²) >= 11 is 1.40. The second kappa shape index (κ2) is 8.19. The van der Waals surface area contributed by atoms with E-state index in [2.05, 4.69) is 25.2 Å². The second-order valence-corrected chi connectivity index (χ2v) is 7.57. The van der Waals surface area contributed by atoms with Gasteiger partial charge in [0.25, 0.3) is 5.91 Å². The number of carbonyl (C=O) groups excluding carboxylic acids is 2. The topological polar surface area (TPSA) is 107 Å². The predicted octanol–water partition coefficient (Wildman–Crippen LogP) is 1.61. The minimum absolute atomic E-state index is 0.254. The van der Waals surface area contributed by atoms with Crippen LogP contribution < -0.4 is 10.2 Å². The molecular formula is C18H21N5O4S. The fraction of sp³-hybridized carbons (Fsp3) is 0.500. The van der Waals surface area contributed by atoms with Crippen molar-refractivity contribution in [3.8, 4) is 0 Å². The molecule has 1 saturated heterocycles. The molecule has 10 heteroatoms. The van der Waals surface area contributed by atoms with Crippen LogP contribution in [-0.2, 0) is 20.7 Å². The monoisotopic (exact) mass is 403 g/mol. The molecule has 2 aromatic rings. The predicted molar refractivity (Wildman–Crippen MR) is 103 cm³/mol. The summed E-state index contributed by atoms with van der Waals surface area (Å²) in [6.07, 6.45) is 2.86. The van der Waals surface area contributed by atoms with Gasteiger partial charge in [-0.2, -0.15) is 0 Å². The number of rotatable bonds is 5. The van der Waals surface area contributed by atoms with E-state index in [1.807, 2.05) is 0 Å². The second-order valence-electron chi connectivity index (χ2n) is 6.49. The van der Waals surface area contributed by atoms with Gasteiger partial charge in [-0.15, -0.1) is 11.3 Å². The maximum atomic E-state index is 12.6. The lowest BCUT2D eigenvalue weighted by atomic mass is 10.1. The van der Waals surface area contributed by atoms with Gasteiger partial charge in [0.2, 0.25) is 0 Å². The highest BCUT2D eigenvalue weighted by atomic mass is 32.1. The van der Waals surface area contributed by atoms with Gasteiger partial charge in [-0.3, -0.25) is 14.9 Å². The Morgan fingerprint density at radius 1 is 1.36 bits per heavy atom. The molecule has 0 radical (unpaired) electrons. The van der Waals surface area contributed by atoms with E-state index in [0.717, 1.165) is 30.1 Å². The van der Waals surface area contributed by atoms with E-state index in [1.54, 1.807) is 13.0 Å². The van der Waals surface area contributed by atoms with Gasteiger partial charge in [0, 0.05) is 24.0 Å². The van der Waals surface area contributed by atoms with E-state index < -0.39 is 0 Å². The zero-order chi connectivity index (χ0) is 19.5. The highest BCUT2D eigenvalue weighted by Gasteiger charge is 2.34. The van der Waals surface area contributed by atoms with E-state index in [0.29, 0.717) is 37.2 Å².